The highest BCUT2D eigenvalue weighted by atomic mass is 16.2. The molecule has 0 saturated carbocycles. The highest BCUT2D eigenvalue weighted by molar-refractivity contribution is 5.94. The van der Waals surface area contributed by atoms with Gasteiger partial charge in [0.15, 0.2) is 0 Å². The molecule has 0 aliphatic carbocycles. The van der Waals surface area contributed by atoms with Crippen LogP contribution in [0.3, 0.4) is 0 Å². The fourth-order valence-corrected chi connectivity index (χ4v) is 2.27. The SMILES string of the molecule is CN(CC(=O)NC(C)(C)C)C(=O)/C=C/c1cn(Cc2ccccc2)nn1. The monoisotopic (exact) mass is 355 g/mol. The van der Waals surface area contributed by atoms with Crippen LogP contribution in [0.2, 0.25) is 0 Å². The van der Waals surface area contributed by atoms with Gasteiger partial charge in [0.25, 0.3) is 0 Å². The van der Waals surface area contributed by atoms with Crippen molar-refractivity contribution in [1.29, 1.82) is 0 Å². The lowest BCUT2D eigenvalue weighted by Gasteiger charge is -2.22. The predicted octanol–water partition coefficient (Wildman–Crippen LogP) is 1.71. The second-order valence-electron chi connectivity index (χ2n) is 7.15. The van der Waals surface area contributed by atoms with Crippen LogP contribution in [0, 0.1) is 0 Å². The predicted molar refractivity (Wildman–Crippen MR) is 100 cm³/mol. The Bertz CT molecular complexity index is 775. The standard InChI is InChI=1S/C19H25N5O2/c1-19(2,3)20-17(25)14-23(4)18(26)11-10-16-13-24(22-21-16)12-15-8-6-5-7-9-15/h5-11,13H,12,14H2,1-4H3,(H,20,25)/b11-10+. The third-order valence-electron chi connectivity index (χ3n) is 3.41. The molecule has 138 valence electrons. The van der Waals surface area contributed by atoms with E-state index in [4.69, 9.17) is 0 Å². The van der Waals surface area contributed by atoms with Crippen LogP contribution >= 0.6 is 0 Å². The Morgan fingerprint density at radius 2 is 1.92 bits per heavy atom. The number of hydrogen-bond acceptors (Lipinski definition) is 4. The number of nitrogens with one attached hydrogen (secondary N) is 1. The highest BCUT2D eigenvalue weighted by Gasteiger charge is 2.16. The molecule has 1 aromatic carbocycles. The molecule has 0 fully saturated rings. The van der Waals surface area contributed by atoms with Gasteiger partial charge in [0.2, 0.25) is 11.8 Å². The molecular formula is C19H25N5O2. The molecule has 0 aliphatic rings. The largest absolute Gasteiger partial charge is 0.350 e. The molecule has 2 rings (SSSR count). The summed E-state index contributed by atoms with van der Waals surface area (Å²) in [6, 6.07) is 9.92. The van der Waals surface area contributed by atoms with Crippen LogP contribution in [-0.2, 0) is 16.1 Å². The van der Waals surface area contributed by atoms with Crippen LogP contribution in [0.4, 0.5) is 0 Å². The molecule has 1 heterocycles. The molecule has 0 saturated heterocycles. The molecule has 0 atom stereocenters. The van der Waals surface area contributed by atoms with Gasteiger partial charge in [0.05, 0.1) is 19.3 Å². The molecule has 0 aliphatic heterocycles. The zero-order valence-electron chi connectivity index (χ0n) is 15.6. The summed E-state index contributed by atoms with van der Waals surface area (Å²) in [5.74, 6) is -0.470. The van der Waals surface area contributed by atoms with Crippen molar-refractivity contribution < 1.29 is 9.59 Å². The first-order valence-electron chi connectivity index (χ1n) is 8.41. The summed E-state index contributed by atoms with van der Waals surface area (Å²) in [6.07, 6.45) is 4.75. The third-order valence-corrected chi connectivity index (χ3v) is 3.41. The average molecular weight is 355 g/mol. The molecule has 2 amide bonds. The molecule has 0 spiro atoms. The second kappa shape index (κ2) is 8.42. The Balaban J connectivity index is 1.88. The van der Waals surface area contributed by atoms with Gasteiger partial charge >= 0.3 is 0 Å². The van der Waals surface area contributed by atoms with Gasteiger partial charge in [-0.15, -0.1) is 5.10 Å². The number of rotatable bonds is 6. The Morgan fingerprint density at radius 1 is 1.23 bits per heavy atom. The van der Waals surface area contributed by atoms with Crippen LogP contribution in [-0.4, -0.2) is 50.8 Å². The summed E-state index contributed by atoms with van der Waals surface area (Å²) in [6.45, 7) is 6.30. The molecule has 2 aromatic rings. The van der Waals surface area contributed by atoms with Crippen LogP contribution in [0.5, 0.6) is 0 Å². The molecule has 1 N–H and O–H groups in total. The number of amides is 2. The first-order chi connectivity index (χ1) is 12.2. The van der Waals surface area contributed by atoms with E-state index >= 15 is 0 Å². The van der Waals surface area contributed by atoms with Gasteiger partial charge in [-0.3, -0.25) is 9.59 Å². The quantitative estimate of drug-likeness (QED) is 0.800. The van der Waals surface area contributed by atoms with E-state index in [0.29, 0.717) is 12.2 Å². The highest BCUT2D eigenvalue weighted by Crippen LogP contribution is 2.04. The summed E-state index contributed by atoms with van der Waals surface area (Å²) < 4.78 is 1.71. The molecule has 1 aromatic heterocycles. The molecule has 7 nitrogen and oxygen atoms in total. The minimum atomic E-state index is -0.325. The lowest BCUT2D eigenvalue weighted by molar-refractivity contribution is -0.131. The van der Waals surface area contributed by atoms with Crippen LogP contribution < -0.4 is 5.32 Å². The molecule has 0 unspecified atom stereocenters. The minimum absolute atomic E-state index is 0.00113. The average Bonchev–Trinajstić information content (AvgIpc) is 2.99. The van der Waals surface area contributed by atoms with E-state index in [1.165, 1.54) is 11.0 Å². The van der Waals surface area contributed by atoms with Crippen molar-refractivity contribution >= 4 is 17.9 Å². The number of carbonyl (C=O) groups is 2. The third kappa shape index (κ3) is 6.51. The second-order valence-corrected chi connectivity index (χ2v) is 7.15. The fraction of sp³-hybridized carbons (Fsp3) is 0.368. The summed E-state index contributed by atoms with van der Waals surface area (Å²) in [7, 11) is 1.58. The van der Waals surface area contributed by atoms with Gasteiger partial charge in [0, 0.05) is 18.7 Å². The summed E-state index contributed by atoms with van der Waals surface area (Å²) in [4.78, 5) is 25.3. The number of aromatic nitrogens is 3. The lowest BCUT2D eigenvalue weighted by Crippen LogP contribution is -2.46. The van der Waals surface area contributed by atoms with Crippen molar-refractivity contribution in [2.24, 2.45) is 0 Å². The maximum Gasteiger partial charge on any atom is 0.246 e. The number of nitrogens with zero attached hydrogens (tertiary/aromatic N) is 4. The molecule has 0 bridgehead atoms. The van der Waals surface area contributed by atoms with Gasteiger partial charge in [-0.2, -0.15) is 0 Å². The van der Waals surface area contributed by atoms with Crippen molar-refractivity contribution in [1.82, 2.24) is 25.2 Å². The van der Waals surface area contributed by atoms with Crippen molar-refractivity contribution in [3.8, 4) is 0 Å². The van der Waals surface area contributed by atoms with E-state index < -0.39 is 0 Å². The van der Waals surface area contributed by atoms with Crippen LogP contribution in [0.1, 0.15) is 32.0 Å². The number of hydrogen-bond donors (Lipinski definition) is 1. The number of likely N-dealkylation sites (N-methyl/N-ethyl adjacent to an activating group) is 1. The Kier molecular flexibility index (Phi) is 6.27. The van der Waals surface area contributed by atoms with Crippen molar-refractivity contribution in [3.05, 3.63) is 53.9 Å². The lowest BCUT2D eigenvalue weighted by atomic mass is 10.1. The van der Waals surface area contributed by atoms with E-state index in [1.807, 2.05) is 51.1 Å². The number of carbonyl (C=O) groups excluding carboxylic acids is 2. The van der Waals surface area contributed by atoms with Crippen molar-refractivity contribution in [2.75, 3.05) is 13.6 Å². The zero-order chi connectivity index (χ0) is 19.2. The molecule has 7 heteroatoms. The maximum absolute atomic E-state index is 12.1. The van der Waals surface area contributed by atoms with Crippen molar-refractivity contribution in [3.63, 3.8) is 0 Å². The van der Waals surface area contributed by atoms with Gasteiger partial charge in [-0.1, -0.05) is 35.5 Å². The molecule has 0 radical (unpaired) electrons. The number of benzene rings is 1. The van der Waals surface area contributed by atoms with Gasteiger partial charge in [0.1, 0.15) is 5.69 Å². The normalized spacial score (nSPS) is 11.5. The Hall–Kier alpha value is -2.96. The van der Waals surface area contributed by atoms with Crippen LogP contribution in [0.25, 0.3) is 6.08 Å². The Morgan fingerprint density at radius 3 is 2.58 bits per heavy atom. The van der Waals surface area contributed by atoms with E-state index in [0.717, 1.165) is 5.56 Å². The smallest absolute Gasteiger partial charge is 0.246 e. The fourth-order valence-electron chi connectivity index (χ4n) is 2.27. The van der Waals surface area contributed by atoms with Gasteiger partial charge < -0.3 is 10.2 Å². The van der Waals surface area contributed by atoms with Gasteiger partial charge in [-0.25, -0.2) is 4.68 Å². The minimum Gasteiger partial charge on any atom is -0.350 e. The van der Waals surface area contributed by atoms with Crippen molar-refractivity contribution in [2.45, 2.75) is 32.9 Å². The van der Waals surface area contributed by atoms with E-state index in [2.05, 4.69) is 15.6 Å². The summed E-state index contributed by atoms with van der Waals surface area (Å²) >= 11 is 0. The molecular weight excluding hydrogens is 330 g/mol. The first kappa shape index (κ1) is 19.4. The van der Waals surface area contributed by atoms with E-state index in [1.54, 1.807) is 24.0 Å². The van der Waals surface area contributed by atoms with E-state index in [9.17, 15) is 9.59 Å². The first-order valence-corrected chi connectivity index (χ1v) is 8.41. The summed E-state index contributed by atoms with van der Waals surface area (Å²) in [5.41, 5.74) is 1.38. The topological polar surface area (TPSA) is 80.1 Å². The Labute approximate surface area is 153 Å². The molecule has 26 heavy (non-hydrogen) atoms. The zero-order valence-corrected chi connectivity index (χ0v) is 15.6. The van der Waals surface area contributed by atoms with Crippen LogP contribution in [0.15, 0.2) is 42.6 Å². The van der Waals surface area contributed by atoms with E-state index in [-0.39, 0.29) is 23.9 Å². The maximum atomic E-state index is 12.1. The summed E-state index contributed by atoms with van der Waals surface area (Å²) in [5, 5.41) is 10.9. The van der Waals surface area contributed by atoms with Gasteiger partial charge in [-0.05, 0) is 32.4 Å².